The highest BCUT2D eigenvalue weighted by Gasteiger charge is 2.20. The van der Waals surface area contributed by atoms with E-state index in [9.17, 15) is 10.1 Å². The quantitative estimate of drug-likeness (QED) is 0.457. The normalized spacial score (nSPS) is 10.7. The van der Waals surface area contributed by atoms with Crippen molar-refractivity contribution in [1.82, 2.24) is 9.97 Å². The van der Waals surface area contributed by atoms with Gasteiger partial charge in [-0.05, 0) is 25.7 Å². The third-order valence-electron chi connectivity index (χ3n) is 2.51. The maximum absolute atomic E-state index is 10.9. The summed E-state index contributed by atoms with van der Waals surface area (Å²) >= 11 is 0. The first-order chi connectivity index (χ1) is 8.41. The number of nitrogens with zero attached hydrogens (tertiary/aromatic N) is 3. The van der Waals surface area contributed by atoms with Crippen LogP contribution in [0.15, 0.2) is 0 Å². The third kappa shape index (κ3) is 3.83. The van der Waals surface area contributed by atoms with Crippen molar-refractivity contribution in [3.05, 3.63) is 15.8 Å². The highest BCUT2D eigenvalue weighted by atomic mass is 16.6. The second-order valence-electron chi connectivity index (χ2n) is 4.58. The Hall–Kier alpha value is -1.92. The summed E-state index contributed by atoms with van der Waals surface area (Å²) in [6, 6.07) is 0. The zero-order valence-electron chi connectivity index (χ0n) is 10.9. The van der Waals surface area contributed by atoms with Crippen LogP contribution in [-0.2, 0) is 0 Å². The Labute approximate surface area is 106 Å². The van der Waals surface area contributed by atoms with Crippen molar-refractivity contribution < 1.29 is 4.92 Å². The molecule has 1 heterocycles. The molecule has 0 fully saturated rings. The van der Waals surface area contributed by atoms with Crippen molar-refractivity contribution in [2.75, 3.05) is 17.6 Å². The van der Waals surface area contributed by atoms with Crippen molar-refractivity contribution in [2.45, 2.75) is 33.6 Å². The molecule has 0 aliphatic rings. The summed E-state index contributed by atoms with van der Waals surface area (Å²) in [6.45, 7) is 6.45. The van der Waals surface area contributed by atoms with E-state index in [1.807, 2.05) is 0 Å². The molecule has 1 rings (SSSR count). The van der Waals surface area contributed by atoms with Gasteiger partial charge in [-0.15, -0.1) is 0 Å². The molecule has 0 aliphatic heterocycles. The maximum Gasteiger partial charge on any atom is 0.332 e. The molecule has 0 radical (unpaired) electrons. The van der Waals surface area contributed by atoms with Gasteiger partial charge in [-0.2, -0.15) is 4.98 Å². The van der Waals surface area contributed by atoms with Gasteiger partial charge in [-0.1, -0.05) is 13.8 Å². The molecule has 3 N–H and O–H groups in total. The molecule has 0 saturated heterocycles. The molecule has 0 aromatic carbocycles. The molecule has 0 unspecified atom stereocenters. The highest BCUT2D eigenvalue weighted by Crippen LogP contribution is 2.25. The molecule has 0 saturated carbocycles. The van der Waals surface area contributed by atoms with Crippen LogP contribution in [0.5, 0.6) is 0 Å². The van der Waals surface area contributed by atoms with Crippen LogP contribution >= 0.6 is 0 Å². The molecule has 18 heavy (non-hydrogen) atoms. The molecule has 0 aliphatic carbocycles. The van der Waals surface area contributed by atoms with E-state index in [0.29, 0.717) is 12.5 Å². The molecule has 7 heteroatoms. The molecule has 0 bridgehead atoms. The van der Waals surface area contributed by atoms with Crippen molar-refractivity contribution in [1.29, 1.82) is 0 Å². The zero-order valence-corrected chi connectivity index (χ0v) is 10.9. The first-order valence-corrected chi connectivity index (χ1v) is 5.94. The van der Waals surface area contributed by atoms with Gasteiger partial charge >= 0.3 is 5.69 Å². The fraction of sp³-hybridized carbons (Fsp3) is 0.636. The molecular weight excluding hydrogens is 234 g/mol. The number of anilines is 2. The zero-order chi connectivity index (χ0) is 13.7. The predicted octanol–water partition coefficient (Wildman–Crippen LogP) is 2.12. The van der Waals surface area contributed by atoms with E-state index in [4.69, 9.17) is 5.73 Å². The van der Waals surface area contributed by atoms with E-state index in [1.54, 1.807) is 6.92 Å². The van der Waals surface area contributed by atoms with Crippen molar-refractivity contribution >= 4 is 17.5 Å². The van der Waals surface area contributed by atoms with Crippen LogP contribution in [-0.4, -0.2) is 21.4 Å². The Morgan fingerprint density at radius 1 is 1.44 bits per heavy atom. The maximum atomic E-state index is 10.9. The van der Waals surface area contributed by atoms with E-state index in [2.05, 4.69) is 29.1 Å². The summed E-state index contributed by atoms with van der Waals surface area (Å²) in [6.07, 6.45) is 1.98. The standard InChI is InChI=1S/C11H19N5O2/c1-7(2)5-4-6-13-10-9(16(17)18)8(3)14-11(12)15-10/h7H,4-6H2,1-3H3,(H3,12,13,14,15). The van der Waals surface area contributed by atoms with E-state index in [0.717, 1.165) is 12.8 Å². The van der Waals surface area contributed by atoms with Gasteiger partial charge in [0.05, 0.1) is 4.92 Å². The molecule has 0 spiro atoms. The number of nitrogens with two attached hydrogens (primary N) is 1. The lowest BCUT2D eigenvalue weighted by atomic mass is 10.1. The number of rotatable bonds is 6. The van der Waals surface area contributed by atoms with Gasteiger partial charge in [0, 0.05) is 6.54 Å². The number of nitrogen functional groups attached to an aromatic ring is 1. The van der Waals surface area contributed by atoms with Gasteiger partial charge in [0.2, 0.25) is 11.8 Å². The van der Waals surface area contributed by atoms with Gasteiger partial charge in [0.1, 0.15) is 5.69 Å². The first-order valence-electron chi connectivity index (χ1n) is 5.94. The van der Waals surface area contributed by atoms with Gasteiger partial charge in [0.25, 0.3) is 0 Å². The van der Waals surface area contributed by atoms with Crippen LogP contribution in [0, 0.1) is 23.0 Å². The number of nitro groups is 1. The minimum atomic E-state index is -0.487. The minimum Gasteiger partial charge on any atom is -0.368 e. The Bertz CT molecular complexity index is 434. The fourth-order valence-electron chi connectivity index (χ4n) is 1.65. The van der Waals surface area contributed by atoms with Crippen molar-refractivity contribution in [3.8, 4) is 0 Å². The lowest BCUT2D eigenvalue weighted by Gasteiger charge is -2.09. The summed E-state index contributed by atoms with van der Waals surface area (Å²) < 4.78 is 0. The fourth-order valence-corrected chi connectivity index (χ4v) is 1.65. The summed E-state index contributed by atoms with van der Waals surface area (Å²) in [4.78, 5) is 18.1. The van der Waals surface area contributed by atoms with Crippen LogP contribution in [0.4, 0.5) is 17.5 Å². The Morgan fingerprint density at radius 2 is 2.11 bits per heavy atom. The summed E-state index contributed by atoms with van der Waals surface area (Å²) in [5.74, 6) is 0.859. The van der Waals surface area contributed by atoms with Crippen molar-refractivity contribution in [3.63, 3.8) is 0 Å². The van der Waals surface area contributed by atoms with Crippen LogP contribution in [0.3, 0.4) is 0 Å². The average Bonchev–Trinajstić information content (AvgIpc) is 2.22. The van der Waals surface area contributed by atoms with Crippen molar-refractivity contribution in [2.24, 2.45) is 5.92 Å². The molecule has 0 atom stereocenters. The van der Waals surface area contributed by atoms with E-state index in [1.165, 1.54) is 0 Å². The molecular formula is C11H19N5O2. The molecule has 1 aromatic heterocycles. The Morgan fingerprint density at radius 3 is 2.67 bits per heavy atom. The summed E-state index contributed by atoms with van der Waals surface area (Å²) in [5, 5.41) is 13.9. The van der Waals surface area contributed by atoms with Gasteiger partial charge in [-0.3, -0.25) is 10.1 Å². The third-order valence-corrected chi connectivity index (χ3v) is 2.51. The first kappa shape index (κ1) is 14.1. The van der Waals surface area contributed by atoms with Gasteiger partial charge in [-0.25, -0.2) is 4.98 Å². The Balaban J connectivity index is 2.77. The smallest absolute Gasteiger partial charge is 0.332 e. The lowest BCUT2D eigenvalue weighted by molar-refractivity contribution is -0.385. The summed E-state index contributed by atoms with van der Waals surface area (Å²) in [7, 11) is 0. The largest absolute Gasteiger partial charge is 0.368 e. The van der Waals surface area contributed by atoms with Gasteiger partial charge < -0.3 is 11.1 Å². The van der Waals surface area contributed by atoms with Crippen LogP contribution in [0.1, 0.15) is 32.4 Å². The average molecular weight is 253 g/mol. The molecule has 7 nitrogen and oxygen atoms in total. The number of aromatic nitrogens is 2. The SMILES string of the molecule is Cc1nc(N)nc(NCCCC(C)C)c1[N+](=O)[O-]. The Kier molecular flexibility index (Phi) is 4.82. The number of hydrogen-bond donors (Lipinski definition) is 2. The van der Waals surface area contributed by atoms with E-state index < -0.39 is 4.92 Å². The van der Waals surface area contributed by atoms with E-state index in [-0.39, 0.29) is 23.1 Å². The minimum absolute atomic E-state index is 0.0458. The van der Waals surface area contributed by atoms with Gasteiger partial charge in [0.15, 0.2) is 0 Å². The second kappa shape index (κ2) is 6.13. The predicted molar refractivity (Wildman–Crippen MR) is 70.4 cm³/mol. The topological polar surface area (TPSA) is 107 Å². The highest BCUT2D eigenvalue weighted by molar-refractivity contribution is 5.60. The second-order valence-corrected chi connectivity index (χ2v) is 4.58. The lowest BCUT2D eigenvalue weighted by Crippen LogP contribution is -2.11. The van der Waals surface area contributed by atoms with Crippen LogP contribution in [0.2, 0.25) is 0 Å². The summed E-state index contributed by atoms with van der Waals surface area (Å²) in [5.41, 5.74) is 5.67. The van der Waals surface area contributed by atoms with Crippen LogP contribution < -0.4 is 11.1 Å². The van der Waals surface area contributed by atoms with Crippen LogP contribution in [0.25, 0.3) is 0 Å². The monoisotopic (exact) mass is 253 g/mol. The molecule has 0 amide bonds. The molecule has 1 aromatic rings. The number of aryl methyl sites for hydroxylation is 1. The number of hydrogen-bond acceptors (Lipinski definition) is 6. The van der Waals surface area contributed by atoms with E-state index >= 15 is 0 Å². The number of nitrogens with one attached hydrogen (secondary N) is 1. The molecule has 100 valence electrons.